The average Bonchev–Trinajstić information content (AvgIpc) is 2.40. The predicted octanol–water partition coefficient (Wildman–Crippen LogP) is 3.71. The highest BCUT2D eigenvalue weighted by Crippen LogP contribution is 2.32. The molecule has 0 aliphatic heterocycles. The van der Waals surface area contributed by atoms with Crippen LogP contribution in [-0.2, 0) is 0 Å². The molecule has 0 heterocycles. The van der Waals surface area contributed by atoms with E-state index in [0.29, 0.717) is 5.56 Å². The van der Waals surface area contributed by atoms with E-state index in [0.717, 1.165) is 25.9 Å². The fourth-order valence-corrected chi connectivity index (χ4v) is 2.44. The average molecular weight is 304 g/mol. The molecule has 1 rings (SSSR count). The SMILES string of the molecule is CCCN(CCC)C(CN)c1ccccc1OC(F)(F)F. The Morgan fingerprint density at radius 2 is 1.71 bits per heavy atom. The topological polar surface area (TPSA) is 38.5 Å². The third kappa shape index (κ3) is 5.55. The second-order valence-corrected chi connectivity index (χ2v) is 4.87. The molecule has 0 bridgehead atoms. The van der Waals surface area contributed by atoms with E-state index in [4.69, 9.17) is 5.73 Å². The molecule has 0 radical (unpaired) electrons. The van der Waals surface area contributed by atoms with Gasteiger partial charge in [-0.1, -0.05) is 32.0 Å². The van der Waals surface area contributed by atoms with E-state index in [1.807, 2.05) is 13.8 Å². The molecule has 0 aliphatic carbocycles. The zero-order valence-corrected chi connectivity index (χ0v) is 12.5. The highest BCUT2D eigenvalue weighted by atomic mass is 19.4. The Morgan fingerprint density at radius 1 is 1.14 bits per heavy atom. The van der Waals surface area contributed by atoms with Crippen molar-refractivity contribution >= 4 is 0 Å². The minimum Gasteiger partial charge on any atom is -0.405 e. The third-order valence-corrected chi connectivity index (χ3v) is 3.19. The normalized spacial score (nSPS) is 13.5. The van der Waals surface area contributed by atoms with E-state index in [1.165, 1.54) is 12.1 Å². The summed E-state index contributed by atoms with van der Waals surface area (Å²) in [5.41, 5.74) is 6.31. The molecule has 3 nitrogen and oxygen atoms in total. The number of hydrogen-bond donors (Lipinski definition) is 1. The van der Waals surface area contributed by atoms with Gasteiger partial charge in [0.05, 0.1) is 6.04 Å². The van der Waals surface area contributed by atoms with Crippen molar-refractivity contribution in [1.82, 2.24) is 4.90 Å². The van der Waals surface area contributed by atoms with Crippen molar-refractivity contribution in [2.75, 3.05) is 19.6 Å². The molecule has 21 heavy (non-hydrogen) atoms. The summed E-state index contributed by atoms with van der Waals surface area (Å²) in [7, 11) is 0. The van der Waals surface area contributed by atoms with Crippen molar-refractivity contribution in [2.24, 2.45) is 5.73 Å². The van der Waals surface area contributed by atoms with E-state index in [-0.39, 0.29) is 18.3 Å². The molecule has 0 saturated carbocycles. The van der Waals surface area contributed by atoms with Crippen molar-refractivity contribution in [3.05, 3.63) is 29.8 Å². The fraction of sp³-hybridized carbons (Fsp3) is 0.600. The summed E-state index contributed by atoms with van der Waals surface area (Å²) in [5.74, 6) is -0.169. The van der Waals surface area contributed by atoms with Crippen LogP contribution in [0.3, 0.4) is 0 Å². The van der Waals surface area contributed by atoms with Gasteiger partial charge in [-0.05, 0) is 32.0 Å². The molecular weight excluding hydrogens is 281 g/mol. The Bertz CT molecular complexity index is 418. The van der Waals surface area contributed by atoms with Gasteiger partial charge in [-0.2, -0.15) is 0 Å². The number of rotatable bonds is 8. The van der Waals surface area contributed by atoms with E-state index in [2.05, 4.69) is 9.64 Å². The highest BCUT2D eigenvalue weighted by molar-refractivity contribution is 5.36. The predicted molar refractivity (Wildman–Crippen MR) is 77.1 cm³/mol. The van der Waals surface area contributed by atoms with Crippen LogP contribution in [0.1, 0.15) is 38.3 Å². The molecular formula is C15H23F3N2O. The molecule has 1 unspecified atom stereocenters. The molecule has 0 spiro atoms. The minimum atomic E-state index is -4.70. The summed E-state index contributed by atoms with van der Waals surface area (Å²) in [4.78, 5) is 2.11. The van der Waals surface area contributed by atoms with Crippen molar-refractivity contribution in [2.45, 2.75) is 39.1 Å². The van der Waals surface area contributed by atoms with Crippen molar-refractivity contribution < 1.29 is 17.9 Å². The van der Waals surface area contributed by atoms with Crippen LogP contribution in [0, 0.1) is 0 Å². The first-order chi connectivity index (χ1) is 9.92. The van der Waals surface area contributed by atoms with Gasteiger partial charge in [0.15, 0.2) is 0 Å². The van der Waals surface area contributed by atoms with Crippen molar-refractivity contribution in [3.8, 4) is 5.75 Å². The molecule has 0 fully saturated rings. The van der Waals surface area contributed by atoms with Crippen LogP contribution in [0.5, 0.6) is 5.75 Å². The molecule has 0 aromatic heterocycles. The summed E-state index contributed by atoms with van der Waals surface area (Å²) in [6.07, 6.45) is -2.87. The van der Waals surface area contributed by atoms with Gasteiger partial charge in [-0.25, -0.2) is 0 Å². The quantitative estimate of drug-likeness (QED) is 0.795. The van der Waals surface area contributed by atoms with Crippen LogP contribution in [0.15, 0.2) is 24.3 Å². The number of para-hydroxylation sites is 1. The third-order valence-electron chi connectivity index (χ3n) is 3.19. The van der Waals surface area contributed by atoms with Gasteiger partial charge in [0.2, 0.25) is 0 Å². The summed E-state index contributed by atoms with van der Waals surface area (Å²) in [5, 5.41) is 0. The van der Waals surface area contributed by atoms with Gasteiger partial charge in [-0.15, -0.1) is 13.2 Å². The van der Waals surface area contributed by atoms with Crippen LogP contribution >= 0.6 is 0 Å². The van der Waals surface area contributed by atoms with Crippen LogP contribution in [-0.4, -0.2) is 30.9 Å². The minimum absolute atomic E-state index is 0.169. The molecule has 1 aromatic carbocycles. The van der Waals surface area contributed by atoms with Crippen LogP contribution in [0.25, 0.3) is 0 Å². The Kier molecular flexibility index (Phi) is 6.98. The number of nitrogens with zero attached hydrogens (tertiary/aromatic N) is 1. The Hall–Kier alpha value is -1.27. The van der Waals surface area contributed by atoms with Gasteiger partial charge < -0.3 is 10.5 Å². The zero-order chi connectivity index (χ0) is 15.9. The summed E-state index contributed by atoms with van der Waals surface area (Å²) < 4.78 is 41.7. The van der Waals surface area contributed by atoms with Crippen molar-refractivity contribution in [1.29, 1.82) is 0 Å². The zero-order valence-electron chi connectivity index (χ0n) is 12.5. The first-order valence-corrected chi connectivity index (χ1v) is 7.21. The van der Waals surface area contributed by atoms with Gasteiger partial charge in [0.25, 0.3) is 0 Å². The Balaban J connectivity index is 3.08. The maximum atomic E-state index is 12.5. The van der Waals surface area contributed by atoms with Gasteiger partial charge in [-0.3, -0.25) is 4.90 Å². The van der Waals surface area contributed by atoms with E-state index < -0.39 is 6.36 Å². The lowest BCUT2D eigenvalue weighted by atomic mass is 10.0. The number of halogens is 3. The summed E-state index contributed by atoms with van der Waals surface area (Å²) in [6, 6.07) is 5.95. The second kappa shape index (κ2) is 8.24. The van der Waals surface area contributed by atoms with Crippen LogP contribution < -0.4 is 10.5 Å². The molecule has 120 valence electrons. The maximum Gasteiger partial charge on any atom is 0.573 e. The Labute approximate surface area is 123 Å². The fourth-order valence-electron chi connectivity index (χ4n) is 2.44. The molecule has 6 heteroatoms. The lowest BCUT2D eigenvalue weighted by Gasteiger charge is -2.31. The number of nitrogens with two attached hydrogens (primary N) is 1. The van der Waals surface area contributed by atoms with E-state index >= 15 is 0 Å². The number of benzene rings is 1. The molecule has 1 aromatic rings. The summed E-state index contributed by atoms with van der Waals surface area (Å²) in [6.45, 7) is 5.90. The maximum absolute atomic E-state index is 12.5. The van der Waals surface area contributed by atoms with Gasteiger partial charge in [0, 0.05) is 12.1 Å². The number of hydrogen-bond acceptors (Lipinski definition) is 3. The first-order valence-electron chi connectivity index (χ1n) is 7.21. The summed E-state index contributed by atoms with van der Waals surface area (Å²) >= 11 is 0. The second-order valence-electron chi connectivity index (χ2n) is 4.87. The molecule has 0 aliphatic rings. The van der Waals surface area contributed by atoms with Gasteiger partial charge >= 0.3 is 6.36 Å². The number of alkyl halides is 3. The molecule has 1 atom stereocenters. The molecule has 2 N–H and O–H groups in total. The van der Waals surface area contributed by atoms with Crippen molar-refractivity contribution in [3.63, 3.8) is 0 Å². The van der Waals surface area contributed by atoms with Gasteiger partial charge in [0.1, 0.15) is 5.75 Å². The lowest BCUT2D eigenvalue weighted by molar-refractivity contribution is -0.275. The van der Waals surface area contributed by atoms with E-state index in [9.17, 15) is 13.2 Å². The monoisotopic (exact) mass is 304 g/mol. The first kappa shape index (κ1) is 17.8. The standard InChI is InChI=1S/C15H23F3N2O/c1-3-9-20(10-4-2)13(11-19)12-7-5-6-8-14(12)21-15(16,17)18/h5-8,13H,3-4,9-11,19H2,1-2H3. The van der Waals surface area contributed by atoms with E-state index in [1.54, 1.807) is 12.1 Å². The molecule has 0 amide bonds. The van der Waals surface area contributed by atoms with Crippen LogP contribution in [0.2, 0.25) is 0 Å². The molecule has 0 saturated heterocycles. The highest BCUT2D eigenvalue weighted by Gasteiger charge is 2.33. The largest absolute Gasteiger partial charge is 0.573 e. The Morgan fingerprint density at radius 3 is 2.19 bits per heavy atom. The smallest absolute Gasteiger partial charge is 0.405 e. The number of ether oxygens (including phenoxy) is 1. The van der Waals surface area contributed by atoms with Crippen LogP contribution in [0.4, 0.5) is 13.2 Å². The lowest BCUT2D eigenvalue weighted by Crippen LogP contribution is -2.35.